The first-order valence-corrected chi connectivity index (χ1v) is 14.5. The first-order valence-electron chi connectivity index (χ1n) is 12.0. The molecule has 0 radical (unpaired) electrons. The van der Waals surface area contributed by atoms with E-state index in [0.717, 1.165) is 37.4 Å². The van der Waals surface area contributed by atoms with E-state index >= 15 is 0 Å². The third-order valence-corrected chi connectivity index (χ3v) is 10.1. The zero-order valence-electron chi connectivity index (χ0n) is 20.4. The van der Waals surface area contributed by atoms with Gasteiger partial charge in [0, 0.05) is 49.0 Å². The second kappa shape index (κ2) is 10.4. The number of aromatic nitrogens is 1. The van der Waals surface area contributed by atoms with Crippen LogP contribution >= 0.6 is 18.7 Å². The Bertz CT molecular complexity index is 1390. The maximum atomic E-state index is 13.7. The third-order valence-electron chi connectivity index (χ3n) is 6.76. The summed E-state index contributed by atoms with van der Waals surface area (Å²) < 4.78 is 78.9. The van der Waals surface area contributed by atoms with Crippen molar-refractivity contribution in [1.82, 2.24) is 9.88 Å². The van der Waals surface area contributed by atoms with Gasteiger partial charge in [0.2, 0.25) is 0 Å². The summed E-state index contributed by atoms with van der Waals surface area (Å²) in [7, 11) is -1.13. The van der Waals surface area contributed by atoms with Gasteiger partial charge in [0.1, 0.15) is 41.6 Å². The van der Waals surface area contributed by atoms with Crippen LogP contribution in [-0.4, -0.2) is 48.4 Å². The van der Waals surface area contributed by atoms with Crippen LogP contribution in [0.1, 0.15) is 18.4 Å². The molecule has 1 saturated carbocycles. The molecule has 2 aliphatic rings. The van der Waals surface area contributed by atoms with Gasteiger partial charge in [-0.1, -0.05) is 11.6 Å². The Kier molecular flexibility index (Phi) is 7.33. The molecule has 1 N–H and O–H groups in total. The van der Waals surface area contributed by atoms with Gasteiger partial charge in [0.25, 0.3) is 0 Å². The minimum absolute atomic E-state index is 0.0432. The number of benzene rings is 2. The Hall–Kier alpha value is -2.81. The van der Waals surface area contributed by atoms with Crippen molar-refractivity contribution in [3.05, 3.63) is 65.1 Å². The average Bonchev–Trinajstić information content (AvgIpc) is 3.71. The van der Waals surface area contributed by atoms with Crippen molar-refractivity contribution >= 4 is 35.6 Å². The number of rotatable bonds is 7. The fourth-order valence-electron chi connectivity index (χ4n) is 4.52. The largest absolute Gasteiger partial charge is 0.495 e. The first kappa shape index (κ1) is 26.8. The minimum atomic E-state index is -4.76. The highest BCUT2D eigenvalue weighted by atomic mass is 35.5. The van der Waals surface area contributed by atoms with Gasteiger partial charge in [-0.25, -0.2) is 9.37 Å². The number of nitrogens with zero attached hydrogens (tertiary/aromatic N) is 2. The van der Waals surface area contributed by atoms with Gasteiger partial charge in [-0.15, -0.1) is 0 Å². The molecule has 2 aromatic carbocycles. The highest BCUT2D eigenvalue weighted by molar-refractivity contribution is 7.71. The smallest absolute Gasteiger partial charge is 0.421 e. The topological polar surface area (TPSA) is 63.7 Å². The number of nitrogens with one attached hydrogen (secondary N) is 1. The summed E-state index contributed by atoms with van der Waals surface area (Å²) >= 11 is 5.95. The zero-order valence-corrected chi connectivity index (χ0v) is 22.0. The average molecular weight is 570 g/mol. The van der Waals surface area contributed by atoms with E-state index in [9.17, 15) is 22.1 Å². The van der Waals surface area contributed by atoms with Gasteiger partial charge >= 0.3 is 6.18 Å². The van der Waals surface area contributed by atoms with Gasteiger partial charge in [-0.05, 0) is 49.2 Å². The van der Waals surface area contributed by atoms with Crippen LogP contribution in [0.4, 0.5) is 29.1 Å². The lowest BCUT2D eigenvalue weighted by Gasteiger charge is -2.32. The SMILES string of the molecule is COc1cc(P2(=O)CCN(C3CC3)CC2)ccc1Nc1cc(Oc2ccc(F)cc2Cl)c(C(F)(F)F)cn1. The summed E-state index contributed by atoms with van der Waals surface area (Å²) in [6.45, 7) is 1.61. The minimum Gasteiger partial charge on any atom is -0.495 e. The monoisotopic (exact) mass is 569 g/mol. The van der Waals surface area contributed by atoms with Crippen LogP contribution in [0.3, 0.4) is 0 Å². The number of ether oxygens (including phenoxy) is 2. The van der Waals surface area contributed by atoms with Crippen LogP contribution in [0.25, 0.3) is 0 Å². The molecule has 2 heterocycles. The van der Waals surface area contributed by atoms with E-state index in [0.29, 0.717) is 41.3 Å². The number of hydrogen-bond donors (Lipinski definition) is 1. The number of anilines is 2. The molecule has 6 nitrogen and oxygen atoms in total. The number of alkyl halides is 3. The van der Waals surface area contributed by atoms with E-state index in [-0.39, 0.29) is 16.6 Å². The predicted octanol–water partition coefficient (Wildman–Crippen LogP) is 6.90. The van der Waals surface area contributed by atoms with E-state index in [1.165, 1.54) is 20.0 Å². The molecule has 1 saturated heterocycles. The molecule has 0 amide bonds. The lowest BCUT2D eigenvalue weighted by molar-refractivity contribution is -0.138. The van der Waals surface area contributed by atoms with Gasteiger partial charge in [0.15, 0.2) is 0 Å². The maximum absolute atomic E-state index is 13.7. The highest BCUT2D eigenvalue weighted by Crippen LogP contribution is 2.49. The molecular formula is C26H25ClF4N3O3P. The second-order valence-electron chi connectivity index (χ2n) is 9.35. The molecule has 2 fully saturated rings. The molecule has 0 spiro atoms. The van der Waals surface area contributed by atoms with Crippen molar-refractivity contribution in [2.24, 2.45) is 0 Å². The number of methoxy groups -OCH3 is 1. The Balaban J connectivity index is 1.40. The van der Waals surface area contributed by atoms with Crippen LogP contribution in [0.5, 0.6) is 17.2 Å². The standard InChI is InChI=1S/C26H25ClF4N3O3P/c1-36-24-13-18(38(35)10-8-34(9-11-38)17-3-4-17)5-6-21(24)33-25-14-23(19(15-32-25)26(29,30)31)37-22-7-2-16(28)12-20(22)27/h2,5-7,12-15,17H,3-4,8-11H2,1H3,(H,32,33). The van der Waals surface area contributed by atoms with Crippen molar-refractivity contribution in [1.29, 1.82) is 0 Å². The molecule has 12 heteroatoms. The lowest BCUT2D eigenvalue weighted by atomic mass is 10.2. The Morgan fingerprint density at radius 3 is 2.42 bits per heavy atom. The van der Waals surface area contributed by atoms with Crippen molar-refractivity contribution in [3.63, 3.8) is 0 Å². The molecule has 1 aromatic heterocycles. The molecule has 0 bridgehead atoms. The molecule has 0 atom stereocenters. The van der Waals surface area contributed by atoms with E-state index in [4.69, 9.17) is 21.1 Å². The van der Waals surface area contributed by atoms with Crippen molar-refractivity contribution in [3.8, 4) is 17.2 Å². The normalized spacial score (nSPS) is 17.7. The summed E-state index contributed by atoms with van der Waals surface area (Å²) in [5.74, 6) is -0.933. The molecule has 1 aliphatic heterocycles. The summed E-state index contributed by atoms with van der Waals surface area (Å²) in [6, 6.07) is 9.98. The van der Waals surface area contributed by atoms with Gasteiger partial charge in [0.05, 0.1) is 17.8 Å². The number of pyridine rings is 1. The number of hydrogen-bond acceptors (Lipinski definition) is 6. The van der Waals surface area contributed by atoms with Crippen LogP contribution in [0.15, 0.2) is 48.7 Å². The molecule has 0 unspecified atom stereocenters. The van der Waals surface area contributed by atoms with Gasteiger partial charge in [-0.3, -0.25) is 4.90 Å². The molecular weight excluding hydrogens is 545 g/mol. The molecule has 38 heavy (non-hydrogen) atoms. The van der Waals surface area contributed by atoms with Crippen LogP contribution in [-0.2, 0) is 10.7 Å². The van der Waals surface area contributed by atoms with E-state index in [1.807, 2.05) is 0 Å². The van der Waals surface area contributed by atoms with Crippen molar-refractivity contribution in [2.75, 3.05) is 37.8 Å². The summed E-state index contributed by atoms with van der Waals surface area (Å²) in [5.41, 5.74) is -0.695. The van der Waals surface area contributed by atoms with Gasteiger partial charge < -0.3 is 19.4 Å². The van der Waals surface area contributed by atoms with Crippen molar-refractivity contribution in [2.45, 2.75) is 25.1 Å². The fraction of sp³-hybridized carbons (Fsp3) is 0.346. The van der Waals surface area contributed by atoms with Crippen molar-refractivity contribution < 1.29 is 31.6 Å². The quantitative estimate of drug-likeness (QED) is 0.247. The predicted molar refractivity (Wildman–Crippen MR) is 139 cm³/mol. The maximum Gasteiger partial charge on any atom is 0.421 e. The summed E-state index contributed by atoms with van der Waals surface area (Å²) in [6.07, 6.45) is -0.491. The lowest BCUT2D eigenvalue weighted by Crippen LogP contribution is -2.38. The fourth-order valence-corrected chi connectivity index (χ4v) is 7.32. The molecule has 202 valence electrons. The van der Waals surface area contributed by atoms with Crippen LogP contribution in [0.2, 0.25) is 5.02 Å². The Labute approximate surface area is 222 Å². The Morgan fingerprint density at radius 1 is 1.05 bits per heavy atom. The summed E-state index contributed by atoms with van der Waals surface area (Å²) in [5, 5.41) is 3.48. The number of halogens is 5. The van der Waals surface area contributed by atoms with E-state index < -0.39 is 30.4 Å². The van der Waals surface area contributed by atoms with E-state index in [1.54, 1.807) is 18.2 Å². The first-order chi connectivity index (χ1) is 18.1. The molecule has 3 aromatic rings. The highest BCUT2D eigenvalue weighted by Gasteiger charge is 2.37. The van der Waals surface area contributed by atoms with Crippen LogP contribution < -0.4 is 20.1 Å². The van der Waals surface area contributed by atoms with Crippen LogP contribution in [0, 0.1) is 5.82 Å². The van der Waals surface area contributed by atoms with Gasteiger partial charge in [-0.2, -0.15) is 13.2 Å². The second-order valence-corrected chi connectivity index (χ2v) is 13.0. The molecule has 1 aliphatic carbocycles. The Morgan fingerprint density at radius 2 is 1.79 bits per heavy atom. The summed E-state index contributed by atoms with van der Waals surface area (Å²) in [4.78, 5) is 6.29. The third kappa shape index (κ3) is 5.77. The van der Waals surface area contributed by atoms with E-state index in [2.05, 4.69) is 15.2 Å². The molecule has 5 rings (SSSR count). The zero-order chi connectivity index (χ0) is 27.1.